The fourth-order valence-electron chi connectivity index (χ4n) is 4.43. The molecule has 2 N–H and O–H groups in total. The lowest BCUT2D eigenvalue weighted by Crippen LogP contribution is -2.31. The molecule has 1 aliphatic rings. The minimum Gasteiger partial charge on any atom is -0.489 e. The number of nitrogens with one attached hydrogen (secondary N) is 2. The van der Waals surface area contributed by atoms with Crippen LogP contribution in [0.3, 0.4) is 0 Å². The Morgan fingerprint density at radius 3 is 2.69 bits per heavy atom. The molecule has 2 heterocycles. The van der Waals surface area contributed by atoms with Gasteiger partial charge in [0, 0.05) is 26.4 Å². The van der Waals surface area contributed by atoms with E-state index in [-0.39, 0.29) is 5.91 Å². The minimum atomic E-state index is -0.581. The Balaban J connectivity index is 1.58. The molecular weight excluding hydrogens is 598 g/mol. The Kier molecular flexibility index (Phi) is 8.30. The van der Waals surface area contributed by atoms with Crippen LogP contribution < -0.4 is 15.4 Å². The number of ether oxygens (including phenoxy) is 1. The van der Waals surface area contributed by atoms with Crippen molar-refractivity contribution in [3.05, 3.63) is 104 Å². The van der Waals surface area contributed by atoms with Crippen molar-refractivity contribution in [2.45, 2.75) is 38.6 Å². The fourth-order valence-corrected chi connectivity index (χ4v) is 5.49. The number of aromatic nitrogens is 3. The van der Waals surface area contributed by atoms with Crippen molar-refractivity contribution in [1.82, 2.24) is 14.8 Å². The Hall–Kier alpha value is -3.27. The van der Waals surface area contributed by atoms with Crippen LogP contribution >= 0.6 is 39.3 Å². The standard InChI is InChI=1S/C29H27BrClN5O2S/c1-4-39-29-34-28-32-18(3)25(27(37)33-22-7-5-6-17(2)14-22)26(36(28)35-29)23-15-20(30)10-13-24(23)38-16-19-8-11-21(31)12-9-19/h5-15,26H,4,16H2,1-3H3,(H,33,37)(H,32,34,35). The van der Waals surface area contributed by atoms with Crippen LogP contribution in [0.4, 0.5) is 11.6 Å². The van der Waals surface area contributed by atoms with Crippen LogP contribution in [0.1, 0.15) is 36.6 Å². The van der Waals surface area contributed by atoms with Gasteiger partial charge in [-0.05, 0) is 73.2 Å². The van der Waals surface area contributed by atoms with Crippen LogP contribution in [0.15, 0.2) is 87.6 Å². The largest absolute Gasteiger partial charge is 0.489 e. The number of hydrogen-bond acceptors (Lipinski definition) is 6. The van der Waals surface area contributed by atoms with Gasteiger partial charge in [-0.15, -0.1) is 5.10 Å². The average Bonchev–Trinajstić information content (AvgIpc) is 3.30. The van der Waals surface area contributed by atoms with Gasteiger partial charge in [-0.2, -0.15) is 4.98 Å². The predicted octanol–water partition coefficient (Wildman–Crippen LogP) is 7.62. The van der Waals surface area contributed by atoms with Gasteiger partial charge in [-0.1, -0.05) is 70.5 Å². The van der Waals surface area contributed by atoms with Crippen molar-refractivity contribution in [1.29, 1.82) is 0 Å². The molecule has 0 radical (unpaired) electrons. The molecule has 4 aromatic rings. The minimum absolute atomic E-state index is 0.231. The fraction of sp³-hybridized carbons (Fsp3) is 0.207. The number of aryl methyl sites for hydroxylation is 1. The number of fused-ring (bicyclic) bond motifs is 1. The van der Waals surface area contributed by atoms with E-state index < -0.39 is 6.04 Å². The molecule has 0 bridgehead atoms. The van der Waals surface area contributed by atoms with Crippen LogP contribution in [0.2, 0.25) is 5.02 Å². The van der Waals surface area contributed by atoms with Crippen molar-refractivity contribution in [2.24, 2.45) is 0 Å². The Morgan fingerprint density at radius 1 is 1.15 bits per heavy atom. The summed E-state index contributed by atoms with van der Waals surface area (Å²) in [6.07, 6.45) is 0. The van der Waals surface area contributed by atoms with E-state index in [1.807, 2.05) is 80.6 Å². The lowest BCUT2D eigenvalue weighted by atomic mass is 9.94. The summed E-state index contributed by atoms with van der Waals surface area (Å²) in [7, 11) is 0. The molecule has 1 unspecified atom stereocenters. The van der Waals surface area contributed by atoms with Gasteiger partial charge in [-0.25, -0.2) is 4.68 Å². The number of thioether (sulfide) groups is 1. The van der Waals surface area contributed by atoms with Crippen LogP contribution in [0.5, 0.6) is 5.75 Å². The van der Waals surface area contributed by atoms with Crippen molar-refractivity contribution < 1.29 is 9.53 Å². The molecule has 0 spiro atoms. The first-order chi connectivity index (χ1) is 18.8. The number of nitrogens with zero attached hydrogens (tertiary/aromatic N) is 3. The van der Waals surface area contributed by atoms with E-state index in [1.54, 1.807) is 16.4 Å². The van der Waals surface area contributed by atoms with E-state index in [0.717, 1.165) is 32.6 Å². The molecule has 1 amide bonds. The van der Waals surface area contributed by atoms with Gasteiger partial charge >= 0.3 is 0 Å². The highest BCUT2D eigenvalue weighted by molar-refractivity contribution is 9.10. The summed E-state index contributed by atoms with van der Waals surface area (Å²) in [6.45, 7) is 6.27. The van der Waals surface area contributed by atoms with Crippen LogP contribution in [0, 0.1) is 6.92 Å². The summed E-state index contributed by atoms with van der Waals surface area (Å²) in [6, 6.07) is 20.5. The Labute approximate surface area is 245 Å². The molecule has 1 atom stereocenters. The molecule has 5 rings (SSSR count). The number of carbonyl (C=O) groups is 1. The first kappa shape index (κ1) is 27.3. The summed E-state index contributed by atoms with van der Waals surface area (Å²) in [5.74, 6) is 1.81. The van der Waals surface area contributed by atoms with Crippen molar-refractivity contribution in [3.63, 3.8) is 0 Å². The third kappa shape index (κ3) is 6.16. The Morgan fingerprint density at radius 2 is 1.95 bits per heavy atom. The molecule has 1 aliphatic heterocycles. The van der Waals surface area contributed by atoms with Crippen molar-refractivity contribution in [3.8, 4) is 5.75 Å². The highest BCUT2D eigenvalue weighted by Crippen LogP contribution is 2.41. The van der Waals surface area contributed by atoms with Gasteiger partial charge in [0.1, 0.15) is 18.4 Å². The first-order valence-corrected chi connectivity index (χ1v) is 14.6. The SMILES string of the molecule is CCSc1nc2n(n1)C(c1cc(Br)ccc1OCc1ccc(Cl)cc1)C(C(=O)Nc1cccc(C)c1)=C(C)N2. The number of allylic oxidation sites excluding steroid dienone is 1. The summed E-state index contributed by atoms with van der Waals surface area (Å²) in [5, 5.41) is 12.5. The van der Waals surface area contributed by atoms with Gasteiger partial charge < -0.3 is 15.4 Å². The predicted molar refractivity (Wildman–Crippen MR) is 161 cm³/mol. The molecule has 200 valence electrons. The molecule has 0 saturated heterocycles. The van der Waals surface area contributed by atoms with Crippen LogP contribution in [-0.2, 0) is 11.4 Å². The van der Waals surface area contributed by atoms with Crippen molar-refractivity contribution in [2.75, 3.05) is 16.4 Å². The number of hydrogen-bond donors (Lipinski definition) is 2. The van der Waals surface area contributed by atoms with Gasteiger partial charge in [0.15, 0.2) is 0 Å². The lowest BCUT2D eigenvalue weighted by molar-refractivity contribution is -0.113. The van der Waals surface area contributed by atoms with E-state index in [0.29, 0.717) is 39.8 Å². The summed E-state index contributed by atoms with van der Waals surface area (Å²) < 4.78 is 8.96. The quantitative estimate of drug-likeness (QED) is 0.196. The van der Waals surface area contributed by atoms with Crippen molar-refractivity contribution >= 4 is 56.8 Å². The molecule has 0 saturated carbocycles. The highest BCUT2D eigenvalue weighted by atomic mass is 79.9. The maximum absolute atomic E-state index is 13.9. The third-order valence-corrected chi connectivity index (χ3v) is 7.67. The van der Waals surface area contributed by atoms with E-state index >= 15 is 0 Å². The topological polar surface area (TPSA) is 81.1 Å². The van der Waals surface area contributed by atoms with E-state index in [4.69, 9.17) is 21.4 Å². The number of amides is 1. The molecule has 1 aromatic heterocycles. The zero-order chi connectivity index (χ0) is 27.5. The zero-order valence-electron chi connectivity index (χ0n) is 21.7. The number of halogens is 2. The second-order valence-corrected chi connectivity index (χ2v) is 11.7. The molecular formula is C29H27BrClN5O2S. The smallest absolute Gasteiger partial charge is 0.255 e. The molecule has 10 heteroatoms. The first-order valence-electron chi connectivity index (χ1n) is 12.4. The molecule has 39 heavy (non-hydrogen) atoms. The molecule has 3 aromatic carbocycles. The monoisotopic (exact) mass is 623 g/mol. The van der Waals surface area contributed by atoms with Gasteiger partial charge in [0.05, 0.1) is 5.57 Å². The number of benzene rings is 3. The second kappa shape index (κ2) is 11.9. The number of carbonyl (C=O) groups excluding carboxylic acids is 1. The third-order valence-electron chi connectivity index (χ3n) is 6.20. The van der Waals surface area contributed by atoms with Crippen LogP contribution in [0.25, 0.3) is 0 Å². The summed E-state index contributed by atoms with van der Waals surface area (Å²) in [4.78, 5) is 18.6. The van der Waals surface area contributed by atoms with Crippen LogP contribution in [-0.4, -0.2) is 26.4 Å². The summed E-state index contributed by atoms with van der Waals surface area (Å²) >= 11 is 11.2. The van der Waals surface area contributed by atoms with E-state index in [1.165, 1.54) is 0 Å². The molecule has 0 aliphatic carbocycles. The Bertz CT molecular complexity index is 1550. The average molecular weight is 625 g/mol. The van der Waals surface area contributed by atoms with Gasteiger partial charge in [-0.3, -0.25) is 4.79 Å². The van der Waals surface area contributed by atoms with E-state index in [9.17, 15) is 4.79 Å². The lowest BCUT2D eigenvalue weighted by Gasteiger charge is -2.30. The number of rotatable bonds is 8. The highest BCUT2D eigenvalue weighted by Gasteiger charge is 2.36. The normalized spacial score (nSPS) is 14.5. The maximum Gasteiger partial charge on any atom is 0.255 e. The summed E-state index contributed by atoms with van der Waals surface area (Å²) in [5.41, 5.74) is 4.76. The van der Waals surface area contributed by atoms with Gasteiger partial charge in [0.2, 0.25) is 11.1 Å². The van der Waals surface area contributed by atoms with Gasteiger partial charge in [0.25, 0.3) is 5.91 Å². The zero-order valence-corrected chi connectivity index (χ0v) is 24.8. The second-order valence-electron chi connectivity index (χ2n) is 9.08. The maximum atomic E-state index is 13.9. The molecule has 7 nitrogen and oxygen atoms in total. The van der Waals surface area contributed by atoms with E-state index in [2.05, 4.69) is 38.5 Å². The molecule has 0 fully saturated rings. The number of anilines is 2.